The number of methoxy groups -OCH3 is 2. The van der Waals surface area contributed by atoms with Crippen molar-refractivity contribution in [2.75, 3.05) is 20.8 Å². The number of phenols is 1. The van der Waals surface area contributed by atoms with Gasteiger partial charge in [0.25, 0.3) is 0 Å². The highest BCUT2D eigenvalue weighted by molar-refractivity contribution is 6.31. The molecule has 2 unspecified atom stereocenters. The number of hydrogen-bond acceptors (Lipinski definition) is 8. The Morgan fingerprint density at radius 3 is 2.30 bits per heavy atom. The lowest BCUT2D eigenvalue weighted by molar-refractivity contribution is -0.366. The quantitative estimate of drug-likeness (QED) is 0.451. The minimum Gasteiger partial charge on any atom is -0.508 e. The largest absolute Gasteiger partial charge is 0.508 e. The molecule has 164 valence electrons. The first kappa shape index (κ1) is 22.9. The topological polar surface area (TPSA) is 129 Å². The molecule has 9 heteroatoms. The maximum Gasteiger partial charge on any atom is 0.224 e. The first-order valence-corrected chi connectivity index (χ1v) is 9.66. The number of hydrogen-bond donors (Lipinski definition) is 5. The molecule has 1 heterocycles. The molecule has 1 aliphatic rings. The van der Waals surface area contributed by atoms with Crippen LogP contribution in [0.1, 0.15) is 22.8 Å². The minimum absolute atomic E-state index is 0.105. The molecule has 1 aliphatic heterocycles. The molecule has 0 amide bonds. The third-order valence-corrected chi connectivity index (χ3v) is 5.71. The second-order valence-electron chi connectivity index (χ2n) is 7.08. The summed E-state index contributed by atoms with van der Waals surface area (Å²) in [5.74, 6) is -1.76. The van der Waals surface area contributed by atoms with Crippen molar-refractivity contribution in [3.05, 3.63) is 64.2 Å². The van der Waals surface area contributed by atoms with Gasteiger partial charge in [-0.05, 0) is 29.8 Å². The Hall–Kier alpha value is -1.75. The third kappa shape index (κ3) is 3.93. The molecule has 6 atom stereocenters. The van der Waals surface area contributed by atoms with Gasteiger partial charge >= 0.3 is 0 Å². The number of rotatable bonds is 6. The first-order chi connectivity index (χ1) is 14.3. The van der Waals surface area contributed by atoms with E-state index in [1.54, 1.807) is 30.3 Å². The van der Waals surface area contributed by atoms with Crippen LogP contribution < -0.4 is 0 Å². The van der Waals surface area contributed by atoms with Gasteiger partial charge in [0.1, 0.15) is 36.3 Å². The van der Waals surface area contributed by atoms with Gasteiger partial charge in [-0.3, -0.25) is 0 Å². The van der Waals surface area contributed by atoms with Gasteiger partial charge in [-0.1, -0.05) is 29.8 Å². The summed E-state index contributed by atoms with van der Waals surface area (Å²) < 4.78 is 16.8. The lowest BCUT2D eigenvalue weighted by Gasteiger charge is -2.47. The zero-order valence-corrected chi connectivity index (χ0v) is 17.2. The molecular formula is C21H25ClO8. The van der Waals surface area contributed by atoms with Crippen molar-refractivity contribution in [3.8, 4) is 5.75 Å². The van der Waals surface area contributed by atoms with Gasteiger partial charge in [0.2, 0.25) is 5.79 Å². The van der Waals surface area contributed by atoms with E-state index in [1.807, 2.05) is 0 Å². The van der Waals surface area contributed by atoms with E-state index in [2.05, 4.69) is 0 Å². The fourth-order valence-corrected chi connectivity index (χ4v) is 3.94. The van der Waals surface area contributed by atoms with Crippen LogP contribution in [0, 0.1) is 0 Å². The van der Waals surface area contributed by atoms with E-state index in [9.17, 15) is 25.5 Å². The fourth-order valence-electron chi connectivity index (χ4n) is 3.72. The number of aliphatic hydroxyl groups excluding tert-OH is 4. The molecule has 5 N–H and O–H groups in total. The number of phenolic OH excluding ortho intramolecular Hbond substituents is 1. The number of ether oxygens (including phenoxy) is 3. The lowest BCUT2D eigenvalue weighted by atomic mass is 9.86. The van der Waals surface area contributed by atoms with E-state index in [0.29, 0.717) is 16.1 Å². The van der Waals surface area contributed by atoms with Crippen molar-refractivity contribution in [2.45, 2.75) is 36.3 Å². The lowest BCUT2D eigenvalue weighted by Crippen LogP contribution is -2.64. The van der Waals surface area contributed by atoms with E-state index in [4.69, 9.17) is 25.8 Å². The summed E-state index contributed by atoms with van der Waals surface area (Å²) in [6.07, 6.45) is -6.56. The molecule has 2 aromatic carbocycles. The molecule has 0 saturated carbocycles. The van der Waals surface area contributed by atoms with Crippen LogP contribution in [0.2, 0.25) is 5.02 Å². The summed E-state index contributed by atoms with van der Waals surface area (Å²) in [6.45, 7) is -0.593. The smallest absolute Gasteiger partial charge is 0.224 e. The van der Waals surface area contributed by atoms with Crippen molar-refractivity contribution < 1.29 is 39.7 Å². The standard InChI is InChI=1S/C21H25ClO8/c1-28-19(11-3-6-13(24)7-4-11)14-9-12(5-8-15(14)22)21(29-2)20(27)18(26)17(25)16(10-23)30-21/h3-9,16-20,23-27H,10H2,1-2H3/t16-,17-,18+,19?,20?,21+/m1/s1. The zero-order chi connectivity index (χ0) is 22.1. The van der Waals surface area contributed by atoms with Crippen LogP contribution in [0.5, 0.6) is 5.75 Å². The highest BCUT2D eigenvalue weighted by Gasteiger charge is 2.55. The zero-order valence-electron chi connectivity index (χ0n) is 16.5. The van der Waals surface area contributed by atoms with E-state index < -0.39 is 42.9 Å². The molecule has 1 fully saturated rings. The Morgan fingerprint density at radius 1 is 1.07 bits per heavy atom. The van der Waals surface area contributed by atoms with Gasteiger partial charge in [0.05, 0.1) is 6.61 Å². The Balaban J connectivity index is 2.09. The Kier molecular flexibility index (Phi) is 7.01. The summed E-state index contributed by atoms with van der Waals surface area (Å²) in [5.41, 5.74) is 1.55. The average molecular weight is 441 g/mol. The molecule has 0 radical (unpaired) electrons. The molecule has 0 spiro atoms. The SMILES string of the molecule is COC(c1ccc(O)cc1)c1cc([C@]2(OC)O[C@H](CO)[C@@H](O)[C@H](O)C2O)ccc1Cl. The summed E-state index contributed by atoms with van der Waals surface area (Å²) in [6, 6.07) is 11.1. The van der Waals surface area contributed by atoms with Gasteiger partial charge in [0.15, 0.2) is 0 Å². The van der Waals surface area contributed by atoms with Crippen molar-refractivity contribution in [3.63, 3.8) is 0 Å². The Bertz CT molecular complexity index is 859. The Labute approximate surface area is 178 Å². The second-order valence-corrected chi connectivity index (χ2v) is 7.49. The molecule has 0 bridgehead atoms. The maximum atomic E-state index is 10.7. The molecule has 0 aromatic heterocycles. The van der Waals surface area contributed by atoms with Crippen LogP contribution in [0.3, 0.4) is 0 Å². The van der Waals surface area contributed by atoms with Crippen LogP contribution in [-0.2, 0) is 20.0 Å². The molecule has 8 nitrogen and oxygen atoms in total. The number of aromatic hydroxyl groups is 1. The van der Waals surface area contributed by atoms with Crippen molar-refractivity contribution in [2.24, 2.45) is 0 Å². The van der Waals surface area contributed by atoms with Crippen LogP contribution in [-0.4, -0.2) is 70.8 Å². The van der Waals surface area contributed by atoms with E-state index in [-0.39, 0.29) is 5.75 Å². The molecular weight excluding hydrogens is 416 g/mol. The summed E-state index contributed by atoms with van der Waals surface area (Å²) in [5, 5.41) is 50.5. The van der Waals surface area contributed by atoms with Crippen molar-refractivity contribution in [1.82, 2.24) is 0 Å². The Morgan fingerprint density at radius 2 is 1.73 bits per heavy atom. The molecule has 3 rings (SSSR count). The highest BCUT2D eigenvalue weighted by atomic mass is 35.5. The molecule has 1 saturated heterocycles. The van der Waals surface area contributed by atoms with E-state index in [0.717, 1.165) is 5.56 Å². The van der Waals surface area contributed by atoms with E-state index in [1.165, 1.54) is 26.4 Å². The summed E-state index contributed by atoms with van der Waals surface area (Å²) in [7, 11) is 2.78. The maximum absolute atomic E-state index is 10.7. The highest BCUT2D eigenvalue weighted by Crippen LogP contribution is 2.42. The van der Waals surface area contributed by atoms with E-state index >= 15 is 0 Å². The minimum atomic E-state index is -1.86. The molecule has 2 aromatic rings. The number of aliphatic hydroxyl groups is 4. The van der Waals surface area contributed by atoms with Crippen LogP contribution >= 0.6 is 11.6 Å². The molecule has 0 aliphatic carbocycles. The second kappa shape index (κ2) is 9.17. The molecule has 30 heavy (non-hydrogen) atoms. The number of benzene rings is 2. The van der Waals surface area contributed by atoms with Gasteiger partial charge in [-0.25, -0.2) is 0 Å². The van der Waals surface area contributed by atoms with Gasteiger partial charge in [-0.15, -0.1) is 0 Å². The van der Waals surface area contributed by atoms with Crippen LogP contribution in [0.4, 0.5) is 0 Å². The summed E-state index contributed by atoms with van der Waals surface area (Å²) >= 11 is 6.42. The van der Waals surface area contributed by atoms with Crippen molar-refractivity contribution >= 4 is 11.6 Å². The predicted octanol–water partition coefficient (Wildman–Crippen LogP) is 1.05. The predicted molar refractivity (Wildman–Crippen MR) is 107 cm³/mol. The number of halogens is 1. The monoisotopic (exact) mass is 440 g/mol. The van der Waals surface area contributed by atoms with Gasteiger partial charge in [0, 0.05) is 30.4 Å². The van der Waals surface area contributed by atoms with Gasteiger partial charge in [-0.2, -0.15) is 0 Å². The summed E-state index contributed by atoms with van der Waals surface area (Å²) in [4.78, 5) is 0. The van der Waals surface area contributed by atoms with Crippen molar-refractivity contribution in [1.29, 1.82) is 0 Å². The van der Waals surface area contributed by atoms with Gasteiger partial charge < -0.3 is 39.7 Å². The fraction of sp³-hybridized carbons (Fsp3) is 0.429. The third-order valence-electron chi connectivity index (χ3n) is 5.37. The van der Waals surface area contributed by atoms with Crippen LogP contribution in [0.15, 0.2) is 42.5 Å². The average Bonchev–Trinajstić information content (AvgIpc) is 2.76. The van der Waals surface area contributed by atoms with Crippen LogP contribution in [0.25, 0.3) is 0 Å². The normalized spacial score (nSPS) is 30.2. The first-order valence-electron chi connectivity index (χ1n) is 9.28.